The van der Waals surface area contributed by atoms with Crippen molar-refractivity contribution in [1.82, 2.24) is 5.32 Å². The van der Waals surface area contributed by atoms with E-state index < -0.39 is 0 Å². The molecule has 1 aromatic carbocycles. The lowest BCUT2D eigenvalue weighted by molar-refractivity contribution is 0.145. The van der Waals surface area contributed by atoms with Crippen molar-refractivity contribution in [3.8, 4) is 5.75 Å². The monoisotopic (exact) mass is 283 g/mol. The van der Waals surface area contributed by atoms with Gasteiger partial charge in [-0.1, -0.05) is 13.0 Å². The van der Waals surface area contributed by atoms with E-state index in [1.54, 1.807) is 7.11 Å². The number of ether oxygens (including phenoxy) is 2. The van der Waals surface area contributed by atoms with E-state index in [1.807, 2.05) is 30.8 Å². The van der Waals surface area contributed by atoms with Gasteiger partial charge in [0.05, 0.1) is 7.11 Å². The van der Waals surface area contributed by atoms with Crippen LogP contribution in [0.5, 0.6) is 5.75 Å². The highest BCUT2D eigenvalue weighted by Gasteiger charge is 2.04. The van der Waals surface area contributed by atoms with Gasteiger partial charge in [-0.25, -0.2) is 0 Å². The lowest BCUT2D eigenvalue weighted by Gasteiger charge is -2.13. The van der Waals surface area contributed by atoms with Crippen LogP contribution in [0.3, 0.4) is 0 Å². The Kier molecular flexibility index (Phi) is 8.71. The van der Waals surface area contributed by atoms with Crippen molar-refractivity contribution in [2.75, 3.05) is 33.4 Å². The van der Waals surface area contributed by atoms with Gasteiger partial charge in [0.1, 0.15) is 5.75 Å². The first-order valence-corrected chi connectivity index (χ1v) is 7.73. The molecule has 0 saturated heterocycles. The zero-order chi connectivity index (χ0) is 13.9. The van der Waals surface area contributed by atoms with Gasteiger partial charge in [-0.2, -0.15) is 0 Å². The average molecular weight is 283 g/mol. The van der Waals surface area contributed by atoms with Crippen LogP contribution in [0.2, 0.25) is 0 Å². The predicted molar refractivity (Wildman–Crippen MR) is 82.3 cm³/mol. The second-order valence-electron chi connectivity index (χ2n) is 4.36. The van der Waals surface area contributed by atoms with Crippen LogP contribution >= 0.6 is 11.8 Å². The van der Waals surface area contributed by atoms with Crippen LogP contribution in [-0.4, -0.2) is 38.7 Å². The number of thioether (sulfide) groups is 1. The summed E-state index contributed by atoms with van der Waals surface area (Å²) in [5, 5.41) is 4.00. The maximum Gasteiger partial charge on any atom is 0.119 e. The van der Waals surface area contributed by atoms with Gasteiger partial charge in [0.2, 0.25) is 0 Å². The zero-order valence-corrected chi connectivity index (χ0v) is 13.0. The molecule has 1 aromatic rings. The van der Waals surface area contributed by atoms with Crippen molar-refractivity contribution in [3.05, 3.63) is 24.3 Å². The van der Waals surface area contributed by atoms with Crippen LogP contribution in [0.4, 0.5) is 0 Å². The molecule has 0 heterocycles. The fraction of sp³-hybridized carbons (Fsp3) is 0.600. The first-order valence-electron chi connectivity index (χ1n) is 6.85. The maximum absolute atomic E-state index is 5.30. The lowest BCUT2D eigenvalue weighted by atomic mass is 10.3. The molecule has 0 aliphatic rings. The standard InChI is InChI=1S/C15H25NO2S/c1-4-18-10-6-9-16-12-13(2)19-15-8-5-7-14(11-15)17-3/h5,7-8,11,13,16H,4,6,9-10,12H2,1-3H3. The first-order chi connectivity index (χ1) is 9.26. The average Bonchev–Trinajstić information content (AvgIpc) is 2.43. The van der Waals surface area contributed by atoms with Gasteiger partial charge in [-0.05, 0) is 38.1 Å². The Morgan fingerprint density at radius 1 is 1.37 bits per heavy atom. The molecule has 19 heavy (non-hydrogen) atoms. The smallest absolute Gasteiger partial charge is 0.119 e. The summed E-state index contributed by atoms with van der Waals surface area (Å²) < 4.78 is 10.5. The van der Waals surface area contributed by atoms with Crippen LogP contribution in [0.25, 0.3) is 0 Å². The summed E-state index contributed by atoms with van der Waals surface area (Å²) in [7, 11) is 1.70. The molecule has 0 amide bonds. The second kappa shape index (κ2) is 10.1. The van der Waals surface area contributed by atoms with Crippen LogP contribution in [-0.2, 0) is 4.74 Å². The number of benzene rings is 1. The summed E-state index contributed by atoms with van der Waals surface area (Å²) in [6, 6.07) is 8.21. The van der Waals surface area contributed by atoms with E-state index in [1.165, 1.54) is 4.90 Å². The molecule has 0 spiro atoms. The topological polar surface area (TPSA) is 30.5 Å². The van der Waals surface area contributed by atoms with Gasteiger partial charge in [-0.3, -0.25) is 0 Å². The van der Waals surface area contributed by atoms with Crippen molar-refractivity contribution < 1.29 is 9.47 Å². The molecule has 1 atom stereocenters. The van der Waals surface area contributed by atoms with Crippen molar-refractivity contribution in [1.29, 1.82) is 0 Å². The fourth-order valence-corrected chi connectivity index (χ4v) is 2.70. The van der Waals surface area contributed by atoms with E-state index >= 15 is 0 Å². The molecule has 108 valence electrons. The lowest BCUT2D eigenvalue weighted by Crippen LogP contribution is -2.24. The minimum Gasteiger partial charge on any atom is -0.497 e. The Bertz CT molecular complexity index is 347. The van der Waals surface area contributed by atoms with Crippen LogP contribution < -0.4 is 10.1 Å². The highest BCUT2D eigenvalue weighted by atomic mass is 32.2. The molecular weight excluding hydrogens is 258 g/mol. The minimum absolute atomic E-state index is 0.541. The van der Waals surface area contributed by atoms with E-state index in [0.29, 0.717) is 5.25 Å². The first kappa shape index (κ1) is 16.3. The molecule has 0 aromatic heterocycles. The van der Waals surface area contributed by atoms with Gasteiger partial charge < -0.3 is 14.8 Å². The molecule has 0 radical (unpaired) electrons. The molecule has 0 bridgehead atoms. The molecule has 4 heteroatoms. The van der Waals surface area contributed by atoms with Crippen molar-refractivity contribution >= 4 is 11.8 Å². The Morgan fingerprint density at radius 3 is 2.95 bits per heavy atom. The molecule has 1 unspecified atom stereocenters. The third kappa shape index (κ3) is 7.45. The van der Waals surface area contributed by atoms with Gasteiger partial charge >= 0.3 is 0 Å². The van der Waals surface area contributed by atoms with Crippen LogP contribution in [0.15, 0.2) is 29.2 Å². The largest absolute Gasteiger partial charge is 0.497 e. The van der Waals surface area contributed by atoms with Crippen LogP contribution in [0.1, 0.15) is 20.3 Å². The molecule has 0 aliphatic carbocycles. The number of methoxy groups -OCH3 is 1. The molecule has 1 N–H and O–H groups in total. The molecule has 1 rings (SSSR count). The summed E-state index contributed by atoms with van der Waals surface area (Å²) in [5.74, 6) is 0.918. The van der Waals surface area contributed by atoms with Crippen molar-refractivity contribution in [3.63, 3.8) is 0 Å². The highest BCUT2D eigenvalue weighted by molar-refractivity contribution is 8.00. The van der Waals surface area contributed by atoms with Gasteiger partial charge in [0, 0.05) is 29.9 Å². The molecule has 0 aliphatic heterocycles. The summed E-state index contributed by atoms with van der Waals surface area (Å²) in [4.78, 5) is 1.25. The third-order valence-corrected chi connectivity index (χ3v) is 3.75. The third-order valence-electron chi connectivity index (χ3n) is 2.66. The van der Waals surface area contributed by atoms with E-state index in [4.69, 9.17) is 9.47 Å². The van der Waals surface area contributed by atoms with Gasteiger partial charge in [0.25, 0.3) is 0 Å². The van der Waals surface area contributed by atoms with Crippen molar-refractivity contribution in [2.45, 2.75) is 30.4 Å². The zero-order valence-electron chi connectivity index (χ0n) is 12.1. The summed E-state index contributed by atoms with van der Waals surface area (Å²) in [6.07, 6.45) is 1.07. The quantitative estimate of drug-likeness (QED) is 0.528. The van der Waals surface area contributed by atoms with Crippen LogP contribution in [0, 0.1) is 0 Å². The molecule has 0 saturated carbocycles. The predicted octanol–water partition coefficient (Wildman–Crippen LogP) is 3.19. The fourth-order valence-electron chi connectivity index (χ4n) is 1.70. The van der Waals surface area contributed by atoms with Gasteiger partial charge in [0.15, 0.2) is 0 Å². The van der Waals surface area contributed by atoms with E-state index in [2.05, 4.69) is 24.4 Å². The van der Waals surface area contributed by atoms with E-state index in [0.717, 1.165) is 38.5 Å². The maximum atomic E-state index is 5.30. The molecule has 0 fully saturated rings. The summed E-state index contributed by atoms with van der Waals surface area (Å²) >= 11 is 1.87. The Hall–Kier alpha value is -0.710. The number of hydrogen-bond acceptors (Lipinski definition) is 4. The van der Waals surface area contributed by atoms with Crippen molar-refractivity contribution in [2.24, 2.45) is 0 Å². The van der Waals surface area contributed by atoms with Gasteiger partial charge in [-0.15, -0.1) is 11.8 Å². The number of hydrogen-bond donors (Lipinski definition) is 1. The molecular formula is C15H25NO2S. The Balaban J connectivity index is 2.17. The number of nitrogens with one attached hydrogen (secondary N) is 1. The Labute approximate surface area is 121 Å². The molecule has 3 nitrogen and oxygen atoms in total. The highest BCUT2D eigenvalue weighted by Crippen LogP contribution is 2.26. The van der Waals surface area contributed by atoms with E-state index in [9.17, 15) is 0 Å². The second-order valence-corrected chi connectivity index (χ2v) is 5.87. The summed E-state index contributed by atoms with van der Waals surface area (Å²) in [5.41, 5.74) is 0. The Morgan fingerprint density at radius 2 is 2.21 bits per heavy atom. The minimum atomic E-state index is 0.541. The normalized spacial score (nSPS) is 12.4. The summed E-state index contributed by atoms with van der Waals surface area (Å²) in [6.45, 7) is 7.94. The SMILES string of the molecule is CCOCCCNCC(C)Sc1cccc(OC)c1. The number of rotatable bonds is 10. The van der Waals surface area contributed by atoms with E-state index in [-0.39, 0.29) is 0 Å².